The van der Waals surface area contributed by atoms with E-state index < -0.39 is 31.5 Å². The third-order valence-corrected chi connectivity index (χ3v) is 3.37. The molecule has 1 rings (SSSR count). The Morgan fingerprint density at radius 2 is 1.95 bits per heavy atom. The van der Waals surface area contributed by atoms with E-state index in [2.05, 4.69) is 0 Å². The fourth-order valence-electron chi connectivity index (χ4n) is 1.36. The number of nitrogens with zero attached hydrogens (tertiary/aromatic N) is 2. The molecule has 20 heavy (non-hydrogen) atoms. The van der Waals surface area contributed by atoms with Crippen molar-refractivity contribution in [2.75, 3.05) is 13.6 Å². The number of rotatable bonds is 4. The minimum Gasteiger partial charge on any atom is -0.744 e. The van der Waals surface area contributed by atoms with Gasteiger partial charge in [-0.05, 0) is 13.0 Å². The van der Waals surface area contributed by atoms with Crippen LogP contribution in [0.4, 0.5) is 5.69 Å². The maximum atomic E-state index is 11.9. The Bertz CT molecular complexity index is 631. The number of non-ortho nitro benzene ring substituents is 1. The molecule has 0 radical (unpaired) electrons. The number of amides is 1. The summed E-state index contributed by atoms with van der Waals surface area (Å²) in [4.78, 5) is 21.9. The maximum Gasteiger partial charge on any atom is 1.00 e. The van der Waals surface area contributed by atoms with Crippen LogP contribution in [-0.4, -0.2) is 42.3 Å². The molecule has 1 amide bonds. The van der Waals surface area contributed by atoms with E-state index in [0.29, 0.717) is 12.6 Å². The van der Waals surface area contributed by atoms with Gasteiger partial charge in [-0.2, -0.15) is 0 Å². The summed E-state index contributed by atoms with van der Waals surface area (Å²) in [5.41, 5.74) is -0.935. The average Bonchev–Trinajstić information content (AvgIpc) is 2.35. The second-order valence-corrected chi connectivity index (χ2v) is 5.06. The Balaban J connectivity index is 0.00000361. The molecular formula is C10H11KN2O6S. The molecule has 0 spiro atoms. The summed E-state index contributed by atoms with van der Waals surface area (Å²) < 4.78 is 33.3. The second-order valence-electron chi connectivity index (χ2n) is 3.71. The van der Waals surface area contributed by atoms with Gasteiger partial charge in [-0.15, -0.1) is 0 Å². The minimum atomic E-state index is -4.98. The molecule has 0 saturated carbocycles. The van der Waals surface area contributed by atoms with Crippen LogP contribution in [0.1, 0.15) is 17.3 Å². The average molecular weight is 326 g/mol. The molecule has 0 aliphatic heterocycles. The van der Waals surface area contributed by atoms with E-state index >= 15 is 0 Å². The molecule has 0 aliphatic rings. The number of hydrogen-bond acceptors (Lipinski definition) is 6. The van der Waals surface area contributed by atoms with E-state index in [1.54, 1.807) is 6.92 Å². The van der Waals surface area contributed by atoms with Crippen molar-refractivity contribution in [2.45, 2.75) is 11.8 Å². The van der Waals surface area contributed by atoms with Crippen LogP contribution in [0, 0.1) is 10.1 Å². The van der Waals surface area contributed by atoms with E-state index in [9.17, 15) is 27.9 Å². The third kappa shape index (κ3) is 4.58. The Morgan fingerprint density at radius 1 is 1.40 bits per heavy atom. The zero-order chi connectivity index (χ0) is 14.8. The fourth-order valence-corrected chi connectivity index (χ4v) is 2.05. The number of nitro benzene ring substituents is 1. The van der Waals surface area contributed by atoms with E-state index in [0.717, 1.165) is 12.1 Å². The molecule has 0 saturated heterocycles. The molecule has 0 aliphatic carbocycles. The third-order valence-electron chi connectivity index (χ3n) is 2.50. The molecule has 1 aromatic carbocycles. The largest absolute Gasteiger partial charge is 1.00 e. The molecule has 10 heteroatoms. The van der Waals surface area contributed by atoms with E-state index in [4.69, 9.17) is 0 Å². The number of benzene rings is 1. The summed E-state index contributed by atoms with van der Waals surface area (Å²) in [5.74, 6) is -0.688. The summed E-state index contributed by atoms with van der Waals surface area (Å²) in [7, 11) is -3.56. The minimum absolute atomic E-state index is 0. The summed E-state index contributed by atoms with van der Waals surface area (Å²) >= 11 is 0. The van der Waals surface area contributed by atoms with Gasteiger partial charge in [0.25, 0.3) is 11.6 Å². The topological polar surface area (TPSA) is 121 Å². The van der Waals surface area contributed by atoms with Gasteiger partial charge in [-0.3, -0.25) is 14.9 Å². The first-order valence-electron chi connectivity index (χ1n) is 5.18. The van der Waals surface area contributed by atoms with Crippen LogP contribution in [0.5, 0.6) is 0 Å². The molecule has 0 fully saturated rings. The molecule has 0 N–H and O–H groups in total. The first-order chi connectivity index (χ1) is 8.68. The Hall–Kier alpha value is -0.364. The zero-order valence-corrected chi connectivity index (χ0v) is 15.1. The molecule has 0 atom stereocenters. The predicted molar refractivity (Wildman–Crippen MR) is 63.7 cm³/mol. The van der Waals surface area contributed by atoms with Crippen LogP contribution in [0.2, 0.25) is 0 Å². The molecule has 0 aromatic heterocycles. The summed E-state index contributed by atoms with van der Waals surface area (Å²) in [6, 6.07) is 2.54. The Kier molecular flexibility index (Phi) is 7.45. The zero-order valence-electron chi connectivity index (χ0n) is 11.2. The first-order valence-corrected chi connectivity index (χ1v) is 6.59. The van der Waals surface area contributed by atoms with Crippen molar-refractivity contribution in [1.82, 2.24) is 4.90 Å². The van der Waals surface area contributed by atoms with Crippen molar-refractivity contribution in [3.05, 3.63) is 33.9 Å². The number of hydrogen-bond donors (Lipinski definition) is 0. The SMILES string of the molecule is CCN(C)C(=O)c1ccc([N+](=O)[O-])cc1S(=O)(=O)[O-].[K+]. The Morgan fingerprint density at radius 3 is 2.35 bits per heavy atom. The molecule has 8 nitrogen and oxygen atoms in total. The number of carbonyl (C=O) groups excluding carboxylic acids is 1. The second kappa shape index (κ2) is 7.59. The van der Waals surface area contributed by atoms with Gasteiger partial charge in [0.15, 0.2) is 0 Å². The van der Waals surface area contributed by atoms with Crippen LogP contribution in [0.15, 0.2) is 23.1 Å². The predicted octanol–water partition coefficient (Wildman–Crippen LogP) is -2.41. The van der Waals surface area contributed by atoms with Crippen LogP contribution in [-0.2, 0) is 10.1 Å². The normalized spacial score (nSPS) is 10.6. The van der Waals surface area contributed by atoms with E-state index in [1.165, 1.54) is 11.9 Å². The van der Waals surface area contributed by atoms with Crippen LogP contribution in [0.3, 0.4) is 0 Å². The fraction of sp³-hybridized carbons (Fsp3) is 0.300. The van der Waals surface area contributed by atoms with Gasteiger partial charge >= 0.3 is 51.4 Å². The van der Waals surface area contributed by atoms with Crippen LogP contribution in [0.25, 0.3) is 0 Å². The number of nitro groups is 1. The van der Waals surface area contributed by atoms with Crippen molar-refractivity contribution in [3.8, 4) is 0 Å². The molecule has 0 unspecified atom stereocenters. The van der Waals surface area contributed by atoms with Crippen LogP contribution >= 0.6 is 0 Å². The van der Waals surface area contributed by atoms with Crippen molar-refractivity contribution < 1.29 is 74.1 Å². The van der Waals surface area contributed by atoms with Gasteiger partial charge in [-0.1, -0.05) is 0 Å². The number of carbonyl (C=O) groups is 1. The quantitative estimate of drug-likeness (QED) is 0.263. The molecular weight excluding hydrogens is 315 g/mol. The molecule has 104 valence electrons. The molecule has 1 aromatic rings. The summed E-state index contributed by atoms with van der Waals surface area (Å²) in [6.45, 7) is 1.96. The maximum absolute atomic E-state index is 11.9. The summed E-state index contributed by atoms with van der Waals surface area (Å²) in [6.07, 6.45) is 0. The van der Waals surface area contributed by atoms with Crippen LogP contribution < -0.4 is 51.4 Å². The first kappa shape index (κ1) is 19.6. The molecule has 0 bridgehead atoms. The van der Waals surface area contributed by atoms with Gasteiger partial charge in [0, 0.05) is 25.7 Å². The monoisotopic (exact) mass is 326 g/mol. The van der Waals surface area contributed by atoms with E-state index in [-0.39, 0.29) is 56.9 Å². The van der Waals surface area contributed by atoms with Gasteiger partial charge in [0.1, 0.15) is 10.1 Å². The van der Waals surface area contributed by atoms with Gasteiger partial charge < -0.3 is 9.45 Å². The van der Waals surface area contributed by atoms with Crippen molar-refractivity contribution in [3.63, 3.8) is 0 Å². The van der Waals surface area contributed by atoms with Gasteiger partial charge in [-0.25, -0.2) is 8.42 Å². The van der Waals surface area contributed by atoms with Crippen molar-refractivity contribution >= 4 is 21.7 Å². The molecule has 0 heterocycles. The smallest absolute Gasteiger partial charge is 0.744 e. The Labute approximate surface area is 158 Å². The standard InChI is InChI=1S/C10H12N2O6S.K/c1-3-11(2)10(13)8-5-4-7(12(14)15)6-9(8)19(16,17)18;/h4-6H,3H2,1-2H3,(H,16,17,18);/q;+1/p-1. The van der Waals surface area contributed by atoms with Gasteiger partial charge in [0.2, 0.25) is 0 Å². The van der Waals surface area contributed by atoms with Crippen molar-refractivity contribution in [1.29, 1.82) is 0 Å². The van der Waals surface area contributed by atoms with E-state index in [1.807, 2.05) is 0 Å². The van der Waals surface area contributed by atoms with Gasteiger partial charge in [0.05, 0.1) is 15.4 Å². The summed E-state index contributed by atoms with van der Waals surface area (Å²) in [5, 5.41) is 10.6. The van der Waals surface area contributed by atoms with Crippen molar-refractivity contribution in [2.24, 2.45) is 0 Å².